The molecule has 1 saturated heterocycles. The Hall–Kier alpha value is -2.41. The lowest BCUT2D eigenvalue weighted by Crippen LogP contribution is -2.39. The van der Waals surface area contributed by atoms with E-state index in [0.29, 0.717) is 12.4 Å². The largest absolute Gasteiger partial charge is 0.371 e. The van der Waals surface area contributed by atoms with Gasteiger partial charge in [-0.3, -0.25) is 15.0 Å². The van der Waals surface area contributed by atoms with E-state index >= 15 is 0 Å². The van der Waals surface area contributed by atoms with Crippen molar-refractivity contribution in [2.24, 2.45) is 7.05 Å². The van der Waals surface area contributed by atoms with Crippen LogP contribution >= 0.6 is 0 Å². The number of nitrogens with zero attached hydrogens (tertiary/aromatic N) is 3. The number of ether oxygens (including phenoxy) is 1. The van der Waals surface area contributed by atoms with Crippen LogP contribution in [-0.4, -0.2) is 33.4 Å². The topological polar surface area (TPSA) is 81.1 Å². The minimum atomic E-state index is -0.261. The molecule has 2 N–H and O–H groups in total. The van der Waals surface area contributed by atoms with E-state index in [1.807, 2.05) is 12.1 Å². The zero-order valence-corrected chi connectivity index (χ0v) is 11.7. The van der Waals surface area contributed by atoms with E-state index in [2.05, 4.69) is 20.7 Å². The molecule has 0 radical (unpaired) electrons. The molecule has 0 saturated carbocycles. The van der Waals surface area contributed by atoms with E-state index < -0.39 is 0 Å². The van der Waals surface area contributed by atoms with Crippen LogP contribution in [0.1, 0.15) is 18.1 Å². The number of hydrogen-bond donors (Lipinski definition) is 2. The Morgan fingerprint density at radius 2 is 2.33 bits per heavy atom. The molecule has 3 heterocycles. The van der Waals surface area contributed by atoms with Crippen molar-refractivity contribution in [1.29, 1.82) is 0 Å². The smallest absolute Gasteiger partial charge is 0.320 e. The maximum absolute atomic E-state index is 12.1. The van der Waals surface area contributed by atoms with Gasteiger partial charge in [-0.25, -0.2) is 4.79 Å². The van der Waals surface area contributed by atoms with Crippen molar-refractivity contribution in [3.8, 4) is 0 Å². The number of carbonyl (C=O) groups excluding carboxylic acids is 1. The summed E-state index contributed by atoms with van der Waals surface area (Å²) in [4.78, 5) is 16.2. The van der Waals surface area contributed by atoms with Crippen LogP contribution in [0.3, 0.4) is 0 Å². The lowest BCUT2D eigenvalue weighted by molar-refractivity contribution is 0.100. The van der Waals surface area contributed by atoms with Crippen LogP contribution in [0.5, 0.6) is 0 Å². The Balaban J connectivity index is 1.64. The Kier molecular flexibility index (Phi) is 3.83. The van der Waals surface area contributed by atoms with E-state index in [-0.39, 0.29) is 18.2 Å². The first-order chi connectivity index (χ1) is 10.2. The van der Waals surface area contributed by atoms with E-state index in [1.165, 1.54) is 0 Å². The Morgan fingerprint density at radius 3 is 3.05 bits per heavy atom. The van der Waals surface area contributed by atoms with Gasteiger partial charge in [-0.2, -0.15) is 5.10 Å². The van der Waals surface area contributed by atoms with Crippen LogP contribution in [0.2, 0.25) is 0 Å². The fourth-order valence-electron chi connectivity index (χ4n) is 2.43. The summed E-state index contributed by atoms with van der Waals surface area (Å²) in [5, 5.41) is 9.72. The van der Waals surface area contributed by atoms with Gasteiger partial charge in [0.25, 0.3) is 0 Å². The number of urea groups is 1. The molecule has 21 heavy (non-hydrogen) atoms. The van der Waals surface area contributed by atoms with Crippen molar-refractivity contribution in [3.63, 3.8) is 0 Å². The van der Waals surface area contributed by atoms with Crippen LogP contribution in [0.25, 0.3) is 0 Å². The number of rotatable bonds is 3. The van der Waals surface area contributed by atoms with Crippen LogP contribution in [0, 0.1) is 0 Å². The minimum absolute atomic E-state index is 0.0672. The minimum Gasteiger partial charge on any atom is -0.371 e. The van der Waals surface area contributed by atoms with E-state index in [4.69, 9.17) is 4.74 Å². The average molecular weight is 287 g/mol. The molecule has 7 nitrogen and oxygen atoms in total. The number of anilines is 1. The highest BCUT2D eigenvalue weighted by atomic mass is 16.5. The molecular weight excluding hydrogens is 270 g/mol. The fourth-order valence-corrected chi connectivity index (χ4v) is 2.43. The predicted octanol–water partition coefficient (Wildman–Crippen LogP) is 1.47. The maximum atomic E-state index is 12.1. The molecule has 3 rings (SSSR count). The molecule has 1 aliphatic heterocycles. The molecule has 1 fully saturated rings. The summed E-state index contributed by atoms with van der Waals surface area (Å²) in [6, 6.07) is 5.23. The van der Waals surface area contributed by atoms with Crippen molar-refractivity contribution in [2.45, 2.75) is 18.6 Å². The Bertz CT molecular complexity index is 613. The molecule has 2 amide bonds. The van der Waals surface area contributed by atoms with Gasteiger partial charge in [0.1, 0.15) is 11.9 Å². The lowest BCUT2D eigenvalue weighted by Gasteiger charge is -2.20. The van der Waals surface area contributed by atoms with Gasteiger partial charge in [0, 0.05) is 37.7 Å². The molecule has 0 unspecified atom stereocenters. The summed E-state index contributed by atoms with van der Waals surface area (Å²) >= 11 is 0. The number of nitrogens with one attached hydrogen (secondary N) is 2. The normalized spacial score (nSPS) is 21.2. The number of aryl methyl sites for hydroxylation is 1. The van der Waals surface area contributed by atoms with E-state index in [1.54, 1.807) is 36.4 Å². The van der Waals surface area contributed by atoms with Gasteiger partial charge in [-0.15, -0.1) is 0 Å². The summed E-state index contributed by atoms with van der Waals surface area (Å²) in [6.45, 7) is 0.621. The van der Waals surface area contributed by atoms with Crippen molar-refractivity contribution >= 4 is 11.8 Å². The maximum Gasteiger partial charge on any atom is 0.320 e. The SMILES string of the molecule is Cn1nccc1NC(=O)N[C@H]1CCO[C@@H]1c1cccnc1. The molecule has 7 heteroatoms. The number of aromatic nitrogens is 3. The lowest BCUT2D eigenvalue weighted by atomic mass is 10.0. The predicted molar refractivity (Wildman–Crippen MR) is 76.7 cm³/mol. The molecule has 0 aliphatic carbocycles. The third-order valence-electron chi connectivity index (χ3n) is 3.48. The van der Waals surface area contributed by atoms with Gasteiger partial charge in [0.2, 0.25) is 0 Å². The van der Waals surface area contributed by atoms with Gasteiger partial charge >= 0.3 is 6.03 Å². The third-order valence-corrected chi connectivity index (χ3v) is 3.48. The standard InChI is InChI=1S/C14H17N5O2/c1-19-12(4-7-16-19)18-14(20)17-11-5-8-21-13(11)10-3-2-6-15-9-10/h2-4,6-7,9,11,13H,5,8H2,1H3,(H2,17,18,20)/t11-,13+/m0/s1. The summed E-state index contributed by atoms with van der Waals surface area (Å²) < 4.78 is 7.31. The first kappa shape index (κ1) is 13.6. The zero-order chi connectivity index (χ0) is 14.7. The van der Waals surface area contributed by atoms with Gasteiger partial charge in [-0.1, -0.05) is 6.07 Å². The molecule has 0 aromatic carbocycles. The molecule has 0 spiro atoms. The van der Waals surface area contributed by atoms with Gasteiger partial charge in [0.05, 0.1) is 12.2 Å². The molecule has 110 valence electrons. The van der Waals surface area contributed by atoms with Crippen LogP contribution in [0.15, 0.2) is 36.8 Å². The number of hydrogen-bond acceptors (Lipinski definition) is 4. The first-order valence-electron chi connectivity index (χ1n) is 6.81. The van der Waals surface area contributed by atoms with Crippen LogP contribution < -0.4 is 10.6 Å². The quantitative estimate of drug-likeness (QED) is 0.895. The van der Waals surface area contributed by atoms with E-state index in [9.17, 15) is 4.79 Å². The van der Waals surface area contributed by atoms with Crippen molar-refractivity contribution in [3.05, 3.63) is 42.4 Å². The molecule has 2 atom stereocenters. The second-order valence-corrected chi connectivity index (χ2v) is 4.91. The number of carbonyl (C=O) groups is 1. The third kappa shape index (κ3) is 3.03. The first-order valence-corrected chi connectivity index (χ1v) is 6.81. The second kappa shape index (κ2) is 5.92. The Labute approximate surface area is 122 Å². The zero-order valence-electron chi connectivity index (χ0n) is 11.7. The highest BCUT2D eigenvalue weighted by Crippen LogP contribution is 2.28. The van der Waals surface area contributed by atoms with Crippen LogP contribution in [-0.2, 0) is 11.8 Å². The molecular formula is C14H17N5O2. The average Bonchev–Trinajstić information content (AvgIpc) is 3.10. The molecule has 2 aromatic rings. The van der Waals surface area contributed by atoms with Crippen molar-refractivity contribution in [1.82, 2.24) is 20.1 Å². The van der Waals surface area contributed by atoms with Crippen molar-refractivity contribution < 1.29 is 9.53 Å². The van der Waals surface area contributed by atoms with E-state index in [0.717, 1.165) is 12.0 Å². The fraction of sp³-hybridized carbons (Fsp3) is 0.357. The summed E-state index contributed by atoms with van der Waals surface area (Å²) in [7, 11) is 1.77. The molecule has 2 aromatic heterocycles. The van der Waals surface area contributed by atoms with Gasteiger partial charge < -0.3 is 10.1 Å². The summed E-state index contributed by atoms with van der Waals surface area (Å²) in [5.74, 6) is 0.643. The highest BCUT2D eigenvalue weighted by molar-refractivity contribution is 5.88. The van der Waals surface area contributed by atoms with Gasteiger partial charge in [0.15, 0.2) is 0 Å². The van der Waals surface area contributed by atoms with Crippen molar-refractivity contribution in [2.75, 3.05) is 11.9 Å². The molecule has 1 aliphatic rings. The second-order valence-electron chi connectivity index (χ2n) is 4.91. The molecule has 0 bridgehead atoms. The van der Waals surface area contributed by atoms with Gasteiger partial charge in [-0.05, 0) is 12.5 Å². The monoisotopic (exact) mass is 287 g/mol. The summed E-state index contributed by atoms with van der Waals surface area (Å²) in [5.41, 5.74) is 0.973. The summed E-state index contributed by atoms with van der Waals surface area (Å²) in [6.07, 6.45) is 5.74. The number of pyridine rings is 1. The Morgan fingerprint density at radius 1 is 1.43 bits per heavy atom. The highest BCUT2D eigenvalue weighted by Gasteiger charge is 2.31. The number of amides is 2. The van der Waals surface area contributed by atoms with Crippen LogP contribution in [0.4, 0.5) is 10.6 Å².